The molecule has 5 rings (SSSR count). The molecule has 27 heavy (non-hydrogen) atoms. The van der Waals surface area contributed by atoms with Crippen molar-refractivity contribution >= 4 is 11.7 Å². The van der Waals surface area contributed by atoms with Gasteiger partial charge in [-0.2, -0.15) is 0 Å². The molecule has 0 unspecified atom stereocenters. The van der Waals surface area contributed by atoms with E-state index in [4.69, 9.17) is 4.74 Å². The number of aryl methyl sites for hydroxylation is 1. The first-order valence-corrected chi connectivity index (χ1v) is 9.83. The molecule has 0 saturated carbocycles. The number of amides is 1. The van der Waals surface area contributed by atoms with E-state index < -0.39 is 0 Å². The second kappa shape index (κ2) is 6.34. The minimum absolute atomic E-state index is 0.0551. The fraction of sp³-hybridized carbons (Fsp3) is 0.455. The van der Waals surface area contributed by atoms with Crippen LogP contribution in [-0.4, -0.2) is 41.7 Å². The monoisotopic (exact) mass is 363 g/mol. The summed E-state index contributed by atoms with van der Waals surface area (Å²) in [5, 5.41) is 0. The molecular formula is C22H25N3O2. The lowest BCUT2D eigenvalue weighted by Gasteiger charge is -2.39. The molecule has 1 aromatic carbocycles. The zero-order valence-corrected chi connectivity index (χ0v) is 15.7. The number of ether oxygens (including phenoxy) is 1. The molecule has 0 bridgehead atoms. The Morgan fingerprint density at radius 3 is 2.67 bits per heavy atom. The number of nitrogens with zero attached hydrogens (tertiary/aromatic N) is 3. The average Bonchev–Trinajstić information content (AvgIpc) is 3.22. The SMILES string of the molecule is Cc1ccnc(N2CCC3(CC2)C[C@@H]2OC[C@@H](c4ccccc4)N2C3=O)c1. The lowest BCUT2D eigenvalue weighted by molar-refractivity contribution is -0.139. The Balaban J connectivity index is 1.34. The normalized spacial score (nSPS) is 26.6. The van der Waals surface area contributed by atoms with E-state index in [1.165, 1.54) is 11.1 Å². The third kappa shape index (κ3) is 2.72. The van der Waals surface area contributed by atoms with Crippen LogP contribution in [0.2, 0.25) is 0 Å². The Bertz CT molecular complexity index is 846. The standard InChI is InChI=1S/C22H25N3O2/c1-16-7-10-23-19(13-16)24-11-8-22(9-12-24)14-20-25(21(22)26)18(15-27-20)17-5-3-2-4-6-17/h2-7,10,13,18,20H,8-9,11-12,14-15H2,1H3/t18-,20-/m0/s1. The summed E-state index contributed by atoms with van der Waals surface area (Å²) in [6.07, 6.45) is 4.37. The van der Waals surface area contributed by atoms with E-state index in [-0.39, 0.29) is 23.6 Å². The Hall–Kier alpha value is -2.40. The van der Waals surface area contributed by atoms with E-state index in [1.54, 1.807) is 0 Å². The van der Waals surface area contributed by atoms with Crippen molar-refractivity contribution in [3.05, 3.63) is 59.8 Å². The number of hydrogen-bond donors (Lipinski definition) is 0. The fourth-order valence-corrected chi connectivity index (χ4v) is 4.90. The molecule has 1 aromatic heterocycles. The highest BCUT2D eigenvalue weighted by Gasteiger charge is 2.57. The van der Waals surface area contributed by atoms with E-state index in [1.807, 2.05) is 35.4 Å². The van der Waals surface area contributed by atoms with Gasteiger partial charge in [-0.3, -0.25) is 4.79 Å². The van der Waals surface area contributed by atoms with Crippen LogP contribution in [0.5, 0.6) is 0 Å². The summed E-state index contributed by atoms with van der Waals surface area (Å²) in [5.74, 6) is 1.31. The van der Waals surface area contributed by atoms with E-state index in [0.717, 1.165) is 38.2 Å². The Kier molecular flexibility index (Phi) is 3.93. The lowest BCUT2D eigenvalue weighted by atomic mass is 9.76. The first-order valence-electron chi connectivity index (χ1n) is 9.83. The van der Waals surface area contributed by atoms with Crippen LogP contribution in [0.4, 0.5) is 5.82 Å². The Labute approximate surface area is 159 Å². The largest absolute Gasteiger partial charge is 0.357 e. The van der Waals surface area contributed by atoms with Gasteiger partial charge in [-0.25, -0.2) is 4.98 Å². The highest BCUT2D eigenvalue weighted by atomic mass is 16.5. The number of piperidine rings is 1. The maximum atomic E-state index is 13.5. The van der Waals surface area contributed by atoms with Crippen molar-refractivity contribution in [1.29, 1.82) is 0 Å². The van der Waals surface area contributed by atoms with Crippen LogP contribution in [-0.2, 0) is 9.53 Å². The van der Waals surface area contributed by atoms with Crippen molar-refractivity contribution in [2.45, 2.75) is 38.5 Å². The number of carbonyl (C=O) groups is 1. The summed E-state index contributed by atoms with van der Waals surface area (Å²) in [6, 6.07) is 14.5. The van der Waals surface area contributed by atoms with E-state index in [9.17, 15) is 4.79 Å². The smallest absolute Gasteiger partial charge is 0.231 e. The van der Waals surface area contributed by atoms with Gasteiger partial charge in [0.2, 0.25) is 5.91 Å². The average molecular weight is 363 g/mol. The summed E-state index contributed by atoms with van der Waals surface area (Å²) in [5.41, 5.74) is 2.13. The summed E-state index contributed by atoms with van der Waals surface area (Å²) in [4.78, 5) is 22.3. The number of aromatic nitrogens is 1. The topological polar surface area (TPSA) is 45.7 Å². The van der Waals surface area contributed by atoms with Gasteiger partial charge in [-0.1, -0.05) is 30.3 Å². The summed E-state index contributed by atoms with van der Waals surface area (Å²) in [7, 11) is 0. The van der Waals surface area contributed by atoms with Crippen LogP contribution in [0.3, 0.4) is 0 Å². The van der Waals surface area contributed by atoms with Crippen LogP contribution < -0.4 is 4.90 Å². The molecular weight excluding hydrogens is 338 g/mol. The van der Waals surface area contributed by atoms with Gasteiger partial charge in [0.1, 0.15) is 12.0 Å². The highest BCUT2D eigenvalue weighted by molar-refractivity contribution is 5.86. The van der Waals surface area contributed by atoms with Crippen LogP contribution in [0.15, 0.2) is 48.7 Å². The highest BCUT2D eigenvalue weighted by Crippen LogP contribution is 2.50. The molecule has 1 spiro atoms. The number of carbonyl (C=O) groups excluding carboxylic acids is 1. The van der Waals surface area contributed by atoms with Crippen molar-refractivity contribution < 1.29 is 9.53 Å². The maximum Gasteiger partial charge on any atom is 0.231 e. The molecule has 2 atom stereocenters. The minimum Gasteiger partial charge on any atom is -0.357 e. The Morgan fingerprint density at radius 1 is 1.15 bits per heavy atom. The second-order valence-corrected chi connectivity index (χ2v) is 8.09. The van der Waals surface area contributed by atoms with Gasteiger partial charge in [-0.15, -0.1) is 0 Å². The predicted octanol–water partition coefficient (Wildman–Crippen LogP) is 3.31. The molecule has 4 heterocycles. The molecule has 3 fully saturated rings. The molecule has 5 heteroatoms. The van der Waals surface area contributed by atoms with Crippen molar-refractivity contribution in [2.24, 2.45) is 5.41 Å². The molecule has 5 nitrogen and oxygen atoms in total. The molecule has 140 valence electrons. The van der Waals surface area contributed by atoms with E-state index >= 15 is 0 Å². The molecule has 3 saturated heterocycles. The van der Waals surface area contributed by atoms with Gasteiger partial charge in [0.25, 0.3) is 0 Å². The summed E-state index contributed by atoms with van der Waals surface area (Å²) in [6.45, 7) is 4.44. The van der Waals surface area contributed by atoms with Crippen molar-refractivity contribution in [3.8, 4) is 0 Å². The molecule has 2 aromatic rings. The van der Waals surface area contributed by atoms with Gasteiger partial charge in [-0.05, 0) is 43.0 Å². The zero-order chi connectivity index (χ0) is 18.4. The second-order valence-electron chi connectivity index (χ2n) is 8.09. The lowest BCUT2D eigenvalue weighted by Crippen LogP contribution is -2.45. The number of hydrogen-bond acceptors (Lipinski definition) is 4. The number of anilines is 1. The predicted molar refractivity (Wildman–Crippen MR) is 103 cm³/mol. The first-order chi connectivity index (χ1) is 13.2. The number of rotatable bonds is 2. The first kappa shape index (κ1) is 16.8. The number of pyridine rings is 1. The molecule has 0 aliphatic carbocycles. The number of benzene rings is 1. The zero-order valence-electron chi connectivity index (χ0n) is 15.7. The van der Waals surface area contributed by atoms with Crippen molar-refractivity contribution in [1.82, 2.24) is 9.88 Å². The van der Waals surface area contributed by atoms with Gasteiger partial charge in [0.15, 0.2) is 0 Å². The third-order valence-corrected chi connectivity index (χ3v) is 6.48. The molecule has 1 amide bonds. The number of fused-ring (bicyclic) bond motifs is 1. The molecule has 0 N–H and O–H groups in total. The third-order valence-electron chi connectivity index (χ3n) is 6.48. The van der Waals surface area contributed by atoms with Crippen molar-refractivity contribution in [3.63, 3.8) is 0 Å². The summed E-state index contributed by atoms with van der Waals surface area (Å²) < 4.78 is 6.05. The fourth-order valence-electron chi connectivity index (χ4n) is 4.90. The van der Waals surface area contributed by atoms with E-state index in [0.29, 0.717) is 6.61 Å². The van der Waals surface area contributed by atoms with Crippen LogP contribution in [0, 0.1) is 12.3 Å². The minimum atomic E-state index is -0.265. The van der Waals surface area contributed by atoms with Gasteiger partial charge >= 0.3 is 0 Å². The van der Waals surface area contributed by atoms with Gasteiger partial charge in [0.05, 0.1) is 18.1 Å². The van der Waals surface area contributed by atoms with Gasteiger partial charge in [0, 0.05) is 25.7 Å². The van der Waals surface area contributed by atoms with E-state index in [2.05, 4.69) is 35.0 Å². The quantitative estimate of drug-likeness (QED) is 0.821. The molecule has 3 aliphatic heterocycles. The molecule has 0 radical (unpaired) electrons. The van der Waals surface area contributed by atoms with Crippen LogP contribution in [0.1, 0.15) is 36.4 Å². The van der Waals surface area contributed by atoms with Gasteiger partial charge < -0.3 is 14.5 Å². The van der Waals surface area contributed by atoms with Crippen LogP contribution in [0.25, 0.3) is 0 Å². The maximum absolute atomic E-state index is 13.5. The van der Waals surface area contributed by atoms with Crippen molar-refractivity contribution in [2.75, 3.05) is 24.6 Å². The molecule has 3 aliphatic rings. The summed E-state index contributed by atoms with van der Waals surface area (Å²) >= 11 is 0. The van der Waals surface area contributed by atoms with Crippen LogP contribution >= 0.6 is 0 Å². The Morgan fingerprint density at radius 2 is 1.93 bits per heavy atom.